The first kappa shape index (κ1) is 31.2. The Labute approximate surface area is 248 Å². The van der Waals surface area contributed by atoms with Gasteiger partial charge in [0.05, 0.1) is 26.9 Å². The van der Waals surface area contributed by atoms with E-state index >= 15 is 0 Å². The topological polar surface area (TPSA) is 154 Å². The smallest absolute Gasteiger partial charge is 0.261 e. The first-order valence-corrected chi connectivity index (χ1v) is 18.9. The molecule has 1 atom stereocenters. The second kappa shape index (κ2) is 12.8. The van der Waals surface area contributed by atoms with E-state index in [0.717, 1.165) is 51.4 Å². The number of sulfonamides is 2. The molecular formula is C28H38N4O7S3. The van der Waals surface area contributed by atoms with Crippen LogP contribution in [0.4, 0.5) is 0 Å². The highest BCUT2D eigenvalue weighted by atomic mass is 32.2. The normalized spacial score (nSPS) is 22.3. The summed E-state index contributed by atoms with van der Waals surface area (Å²) in [7, 11) is -11.3. The lowest BCUT2D eigenvalue weighted by Gasteiger charge is -2.32. The summed E-state index contributed by atoms with van der Waals surface area (Å²) in [6.45, 7) is 0.616. The molecule has 1 saturated heterocycles. The molecule has 1 aromatic carbocycles. The molecule has 5 rings (SSSR count). The lowest BCUT2D eigenvalue weighted by Crippen LogP contribution is -2.44. The molecule has 0 radical (unpaired) electrons. The van der Waals surface area contributed by atoms with Gasteiger partial charge in [-0.15, -0.1) is 0 Å². The number of carbonyl (C=O) groups excluding carboxylic acids is 1. The van der Waals surface area contributed by atoms with Gasteiger partial charge in [-0.25, -0.2) is 35.1 Å². The van der Waals surface area contributed by atoms with Crippen molar-refractivity contribution in [3.05, 3.63) is 48.6 Å². The lowest BCUT2D eigenvalue weighted by molar-refractivity contribution is -0.118. The van der Waals surface area contributed by atoms with Crippen LogP contribution in [-0.4, -0.2) is 82.4 Å². The van der Waals surface area contributed by atoms with E-state index in [1.165, 1.54) is 52.9 Å². The second-order valence-electron chi connectivity index (χ2n) is 11.2. The predicted molar refractivity (Wildman–Crippen MR) is 162 cm³/mol. The highest BCUT2D eigenvalue weighted by molar-refractivity contribution is 7.95. The number of carbonyl (C=O) groups is 1. The predicted octanol–water partition coefficient (Wildman–Crippen LogP) is 2.88. The van der Waals surface area contributed by atoms with Crippen molar-refractivity contribution in [2.75, 3.05) is 19.6 Å². The van der Waals surface area contributed by atoms with Crippen molar-refractivity contribution in [2.45, 2.75) is 86.1 Å². The maximum atomic E-state index is 13.8. The van der Waals surface area contributed by atoms with E-state index in [2.05, 4.69) is 9.71 Å². The van der Waals surface area contributed by atoms with Crippen molar-refractivity contribution in [2.24, 2.45) is 4.99 Å². The number of benzene rings is 1. The quantitative estimate of drug-likeness (QED) is 0.395. The van der Waals surface area contributed by atoms with E-state index in [1.807, 2.05) is 0 Å². The molecule has 4 aliphatic rings. The number of amides is 1. The molecule has 0 bridgehead atoms. The molecule has 3 fully saturated rings. The number of aliphatic imine (C=N–C) groups is 1. The van der Waals surface area contributed by atoms with Gasteiger partial charge in [0, 0.05) is 25.2 Å². The average Bonchev–Trinajstić information content (AvgIpc) is 3.80. The van der Waals surface area contributed by atoms with Gasteiger partial charge in [-0.05, 0) is 87.1 Å². The number of piperidine rings is 1. The Morgan fingerprint density at radius 3 is 2.00 bits per heavy atom. The molecule has 230 valence electrons. The molecular weight excluding hydrogens is 601 g/mol. The minimum absolute atomic E-state index is 0.0146. The van der Waals surface area contributed by atoms with Gasteiger partial charge in [0.15, 0.2) is 9.99 Å². The van der Waals surface area contributed by atoms with E-state index in [4.69, 9.17) is 0 Å². The molecule has 0 spiro atoms. The highest BCUT2D eigenvalue weighted by Gasteiger charge is 2.35. The van der Waals surface area contributed by atoms with E-state index in [1.54, 1.807) is 4.31 Å². The molecule has 2 N–H and O–H groups in total. The summed E-state index contributed by atoms with van der Waals surface area (Å²) in [4.78, 5) is 17.3. The van der Waals surface area contributed by atoms with Gasteiger partial charge in [0.2, 0.25) is 20.0 Å². The maximum Gasteiger partial charge on any atom is 0.261 e. The minimum Gasteiger partial charge on any atom is -0.302 e. The van der Waals surface area contributed by atoms with Crippen molar-refractivity contribution in [3.63, 3.8) is 0 Å². The van der Waals surface area contributed by atoms with Gasteiger partial charge < -0.3 is 4.55 Å². The number of nitrogens with zero attached hydrogens (tertiary/aromatic N) is 3. The van der Waals surface area contributed by atoms with Crippen LogP contribution in [-0.2, 0) is 34.8 Å². The van der Waals surface area contributed by atoms with Crippen molar-refractivity contribution in [1.82, 2.24) is 13.3 Å². The van der Waals surface area contributed by atoms with Crippen molar-refractivity contribution in [3.8, 4) is 0 Å². The van der Waals surface area contributed by atoms with Gasteiger partial charge in [-0.1, -0.05) is 25.7 Å². The van der Waals surface area contributed by atoms with Gasteiger partial charge in [0.25, 0.3) is 5.91 Å². The fraction of sp³-hybridized carbons (Fsp3) is 0.536. The summed E-state index contributed by atoms with van der Waals surface area (Å²) >= 11 is 0. The van der Waals surface area contributed by atoms with E-state index in [0.29, 0.717) is 25.9 Å². The van der Waals surface area contributed by atoms with Crippen LogP contribution in [0.15, 0.2) is 63.4 Å². The number of rotatable bonds is 9. The zero-order valence-corrected chi connectivity index (χ0v) is 25.9. The van der Waals surface area contributed by atoms with Gasteiger partial charge in [-0.3, -0.25) is 4.79 Å². The van der Waals surface area contributed by atoms with Gasteiger partial charge in [0.1, 0.15) is 0 Å². The van der Waals surface area contributed by atoms with Crippen LogP contribution in [0.25, 0.3) is 0 Å². The molecule has 11 nitrogen and oxygen atoms in total. The Hall–Kier alpha value is -2.20. The third-order valence-corrected chi connectivity index (χ3v) is 13.4. The second-order valence-corrected chi connectivity index (χ2v) is 16.8. The minimum atomic E-state index is -4.14. The van der Waals surface area contributed by atoms with E-state index in [-0.39, 0.29) is 32.5 Å². The lowest BCUT2D eigenvalue weighted by atomic mass is 9.95. The third kappa shape index (κ3) is 7.29. The Morgan fingerprint density at radius 2 is 1.40 bits per heavy atom. The summed E-state index contributed by atoms with van der Waals surface area (Å²) in [6.07, 6.45) is 14.1. The summed E-state index contributed by atoms with van der Waals surface area (Å²) in [6, 6.07) is 4.62. The third-order valence-electron chi connectivity index (χ3n) is 7.98. The molecule has 0 aromatic heterocycles. The van der Waals surface area contributed by atoms with Gasteiger partial charge in [-0.2, -0.15) is 4.31 Å². The first-order chi connectivity index (χ1) is 20.0. The van der Waals surface area contributed by atoms with Crippen LogP contribution < -0.4 is 4.72 Å². The zero-order valence-electron chi connectivity index (χ0n) is 23.4. The molecule has 1 amide bonds. The summed E-state index contributed by atoms with van der Waals surface area (Å²) < 4.78 is 81.7. The molecule has 1 aromatic rings. The number of allylic oxidation sites excluding steroid dienone is 4. The van der Waals surface area contributed by atoms with Crippen LogP contribution >= 0.6 is 0 Å². The Bertz CT molecular complexity index is 1590. The van der Waals surface area contributed by atoms with Crippen molar-refractivity contribution in [1.29, 1.82) is 0 Å². The monoisotopic (exact) mass is 638 g/mol. The highest BCUT2D eigenvalue weighted by Crippen LogP contribution is 2.29. The Balaban J connectivity index is 1.34. The molecule has 1 unspecified atom stereocenters. The summed E-state index contributed by atoms with van der Waals surface area (Å²) in [5, 5.41) is 0. The Morgan fingerprint density at radius 1 is 0.833 bits per heavy atom. The SMILES string of the molecule is O=C(CN(C1CCCCC1)S(=O)(=O)c1ccc(S(=O)(=O)NC2CC2)cc1)N=C1C=CC(=S(=O)(O)N2CCCCC2)C=C1. The number of nitrogens with one attached hydrogen (secondary N) is 1. The maximum absolute atomic E-state index is 13.8. The van der Waals surface area contributed by atoms with Crippen molar-refractivity contribution < 1.29 is 30.4 Å². The molecule has 3 aliphatic carbocycles. The van der Waals surface area contributed by atoms with Crippen LogP contribution in [0, 0.1) is 0 Å². The van der Waals surface area contributed by atoms with Crippen LogP contribution in [0.3, 0.4) is 0 Å². The number of hydrogen-bond donors (Lipinski definition) is 2. The molecule has 1 heterocycles. The Kier molecular flexibility index (Phi) is 9.52. The average molecular weight is 639 g/mol. The zero-order chi connectivity index (χ0) is 30.0. The molecule has 2 saturated carbocycles. The fourth-order valence-electron chi connectivity index (χ4n) is 5.47. The largest absolute Gasteiger partial charge is 0.302 e. The first-order valence-electron chi connectivity index (χ1n) is 14.5. The van der Waals surface area contributed by atoms with Crippen LogP contribution in [0.5, 0.6) is 0 Å². The number of hydrogen-bond acceptors (Lipinski definition) is 6. The van der Waals surface area contributed by atoms with Crippen LogP contribution in [0.1, 0.15) is 64.2 Å². The van der Waals surface area contributed by atoms with Crippen molar-refractivity contribution >= 4 is 46.5 Å². The summed E-state index contributed by atoms with van der Waals surface area (Å²) in [5.74, 6) is -0.662. The molecule has 1 aliphatic heterocycles. The summed E-state index contributed by atoms with van der Waals surface area (Å²) in [5.41, 5.74) is 0.260. The molecule has 42 heavy (non-hydrogen) atoms. The van der Waals surface area contributed by atoms with E-state index in [9.17, 15) is 30.4 Å². The fourth-order valence-corrected chi connectivity index (χ4v) is 9.95. The molecule has 14 heteroatoms. The standard InChI is InChI=1S/C28H38N4O7S3/c33-28(29-22-11-13-26(14-12-22)41(36,37)31-19-5-2-6-20-31)21-32(24-7-3-1-4-8-24)42(38,39)27-17-15-25(16-18-27)40(34,35)30-23-9-10-23/h11-18,23-24,30H,1-10,19-21H2,(H,36,37). The van der Waals surface area contributed by atoms with Gasteiger partial charge >= 0.3 is 0 Å². The van der Waals surface area contributed by atoms with Crippen LogP contribution in [0.2, 0.25) is 0 Å². The van der Waals surface area contributed by atoms with E-state index < -0.39 is 42.5 Å².